The first kappa shape index (κ1) is 24.2. The van der Waals surface area contributed by atoms with Crippen LogP contribution in [0.5, 0.6) is 11.5 Å². The van der Waals surface area contributed by atoms with Crippen LogP contribution in [0.1, 0.15) is 41.3 Å². The van der Waals surface area contributed by atoms with Gasteiger partial charge in [-0.1, -0.05) is 35.1 Å². The van der Waals surface area contributed by atoms with Crippen LogP contribution in [0, 0.1) is 5.82 Å². The summed E-state index contributed by atoms with van der Waals surface area (Å²) in [4.78, 5) is 32.3. The number of rotatable bonds is 6. The molecule has 1 aliphatic carbocycles. The number of nitrogens with zero attached hydrogens (tertiary/aromatic N) is 2. The number of thiazole rings is 1. The molecule has 3 aliphatic rings. The molecule has 7 nitrogen and oxygen atoms in total. The van der Waals surface area contributed by atoms with Gasteiger partial charge in [-0.15, -0.1) is 8.78 Å². The maximum Gasteiger partial charge on any atom is 0.586 e. The average Bonchev–Trinajstić information content (AvgIpc) is 3.16. The van der Waals surface area contributed by atoms with E-state index in [0.717, 1.165) is 4.88 Å². The molecule has 0 spiro atoms. The molecular formula is C25H19ClF3N3O4S. The standard InChI is InChI=1S/C25H19ClF3N3O4S/c26-17-10-14(27)2-3-16(17)21(32-8-5-15(33)12-32)20-11-30-23(37-20)31-22(34)24(6-7-24)13-1-4-18-19(9-13)36-25(28,29)35-18/h1-4,9-11,21H,5-8,12H2,(H,30,31,34). The Bertz CT molecular complexity index is 1430. The Balaban J connectivity index is 1.25. The lowest BCUT2D eigenvalue weighted by Crippen LogP contribution is -2.28. The number of aromatic nitrogens is 1. The van der Waals surface area contributed by atoms with Crippen LogP contribution in [-0.2, 0) is 15.0 Å². The van der Waals surface area contributed by atoms with E-state index in [9.17, 15) is 22.8 Å². The number of likely N-dealkylation sites (tertiary alicyclic amines) is 1. The van der Waals surface area contributed by atoms with E-state index < -0.39 is 23.6 Å². The van der Waals surface area contributed by atoms with Gasteiger partial charge >= 0.3 is 6.29 Å². The van der Waals surface area contributed by atoms with E-state index in [1.165, 1.54) is 35.6 Å². The Morgan fingerprint density at radius 2 is 1.95 bits per heavy atom. The zero-order valence-electron chi connectivity index (χ0n) is 19.1. The maximum absolute atomic E-state index is 13.7. The first-order chi connectivity index (χ1) is 17.6. The van der Waals surface area contributed by atoms with Gasteiger partial charge < -0.3 is 14.8 Å². The highest BCUT2D eigenvalue weighted by Gasteiger charge is 2.53. The van der Waals surface area contributed by atoms with Crippen molar-refractivity contribution in [3.05, 3.63) is 69.4 Å². The second kappa shape index (κ2) is 8.71. The van der Waals surface area contributed by atoms with Crippen molar-refractivity contribution < 1.29 is 32.2 Å². The predicted molar refractivity (Wildman–Crippen MR) is 129 cm³/mol. The van der Waals surface area contributed by atoms with Crippen LogP contribution in [0.4, 0.5) is 18.3 Å². The van der Waals surface area contributed by atoms with E-state index in [1.807, 2.05) is 4.90 Å². The quantitative estimate of drug-likeness (QED) is 0.450. The van der Waals surface area contributed by atoms with Gasteiger partial charge in [0, 0.05) is 29.1 Å². The highest BCUT2D eigenvalue weighted by molar-refractivity contribution is 7.15. The first-order valence-corrected chi connectivity index (χ1v) is 12.7. The monoisotopic (exact) mass is 549 g/mol. The normalized spacial score (nSPS) is 20.2. The zero-order chi connectivity index (χ0) is 25.9. The molecule has 12 heteroatoms. The molecule has 1 amide bonds. The molecule has 0 radical (unpaired) electrons. The summed E-state index contributed by atoms with van der Waals surface area (Å²) in [7, 11) is 0. The van der Waals surface area contributed by atoms with Gasteiger partial charge in [-0.3, -0.25) is 14.5 Å². The topological polar surface area (TPSA) is 80.8 Å². The van der Waals surface area contributed by atoms with Gasteiger partial charge in [0.05, 0.1) is 18.0 Å². The number of carbonyl (C=O) groups excluding carboxylic acids is 2. The van der Waals surface area contributed by atoms with Gasteiger partial charge in [-0.05, 0) is 48.2 Å². The number of Topliss-reactive ketones (excluding diaryl/α,β-unsaturated/α-hetero) is 1. The van der Waals surface area contributed by atoms with E-state index >= 15 is 0 Å². The predicted octanol–water partition coefficient (Wildman–Crippen LogP) is 5.29. The lowest BCUT2D eigenvalue weighted by atomic mass is 9.94. The lowest BCUT2D eigenvalue weighted by Gasteiger charge is -2.26. The molecule has 1 saturated carbocycles. The fourth-order valence-electron chi connectivity index (χ4n) is 4.83. The summed E-state index contributed by atoms with van der Waals surface area (Å²) in [5, 5.41) is 3.42. The number of anilines is 1. The van der Waals surface area contributed by atoms with Crippen molar-refractivity contribution in [2.75, 3.05) is 18.4 Å². The minimum absolute atomic E-state index is 0.0830. The van der Waals surface area contributed by atoms with Crippen LogP contribution in [0.3, 0.4) is 0 Å². The van der Waals surface area contributed by atoms with Crippen LogP contribution in [0.15, 0.2) is 42.6 Å². The first-order valence-electron chi connectivity index (χ1n) is 11.5. The Kier molecular flexibility index (Phi) is 5.70. The van der Waals surface area contributed by atoms with Crippen LogP contribution in [-0.4, -0.2) is 41.0 Å². The fourth-order valence-corrected chi connectivity index (χ4v) is 6.07. The third kappa shape index (κ3) is 4.45. The SMILES string of the molecule is O=C1CCN(C(c2cnc(NC(=O)C3(c4ccc5c(c4)OC(F)(F)O5)CC3)s2)c2ccc(F)cc2Cl)C1. The van der Waals surface area contributed by atoms with Gasteiger partial charge in [0.25, 0.3) is 0 Å². The Morgan fingerprint density at radius 1 is 1.16 bits per heavy atom. The number of ketones is 1. The molecule has 1 N–H and O–H groups in total. The number of amides is 1. The number of nitrogens with one attached hydrogen (secondary N) is 1. The van der Waals surface area contributed by atoms with Crippen molar-refractivity contribution in [2.24, 2.45) is 0 Å². The molecule has 2 aliphatic heterocycles. The molecule has 1 saturated heterocycles. The smallest absolute Gasteiger partial charge is 0.395 e. The van der Waals surface area contributed by atoms with Crippen LogP contribution >= 0.6 is 22.9 Å². The van der Waals surface area contributed by atoms with Crippen molar-refractivity contribution in [3.8, 4) is 11.5 Å². The van der Waals surface area contributed by atoms with Crippen molar-refractivity contribution in [2.45, 2.75) is 37.0 Å². The van der Waals surface area contributed by atoms with E-state index in [2.05, 4.69) is 19.8 Å². The second-order valence-corrected chi connectivity index (χ2v) is 10.7. The number of hydrogen-bond donors (Lipinski definition) is 1. The van der Waals surface area contributed by atoms with Gasteiger partial charge in [-0.25, -0.2) is 9.37 Å². The number of hydrogen-bond acceptors (Lipinski definition) is 7. The van der Waals surface area contributed by atoms with Crippen molar-refractivity contribution in [3.63, 3.8) is 0 Å². The summed E-state index contributed by atoms with van der Waals surface area (Å²) in [6.07, 6.45) is -0.647. The minimum Gasteiger partial charge on any atom is -0.395 e. The summed E-state index contributed by atoms with van der Waals surface area (Å²) < 4.78 is 49.5. The van der Waals surface area contributed by atoms with E-state index in [1.54, 1.807) is 18.3 Å². The van der Waals surface area contributed by atoms with Crippen LogP contribution in [0.25, 0.3) is 0 Å². The van der Waals surface area contributed by atoms with Crippen LogP contribution < -0.4 is 14.8 Å². The van der Waals surface area contributed by atoms with Gasteiger partial charge in [-0.2, -0.15) is 0 Å². The fraction of sp³-hybridized carbons (Fsp3) is 0.320. The molecule has 6 rings (SSSR count). The third-order valence-corrected chi connectivity index (χ3v) is 8.12. The van der Waals surface area contributed by atoms with Gasteiger partial charge in [0.15, 0.2) is 16.6 Å². The molecular weight excluding hydrogens is 531 g/mol. The number of ether oxygens (including phenoxy) is 2. The molecule has 37 heavy (non-hydrogen) atoms. The molecule has 2 fully saturated rings. The second-order valence-electron chi connectivity index (χ2n) is 9.26. The number of alkyl halides is 2. The number of carbonyl (C=O) groups is 2. The van der Waals surface area contributed by atoms with E-state index in [0.29, 0.717) is 42.1 Å². The molecule has 192 valence electrons. The summed E-state index contributed by atoms with van der Waals surface area (Å²) in [5.74, 6) is -0.882. The third-order valence-electron chi connectivity index (χ3n) is 6.83. The molecule has 2 aromatic carbocycles. The number of fused-ring (bicyclic) bond motifs is 1. The molecule has 3 heterocycles. The minimum atomic E-state index is -3.73. The Labute approximate surface area is 218 Å². The zero-order valence-corrected chi connectivity index (χ0v) is 20.7. The Hall–Kier alpha value is -3.15. The number of benzene rings is 2. The molecule has 3 aromatic rings. The summed E-state index contributed by atoms with van der Waals surface area (Å²) in [6, 6.07) is 8.05. The average molecular weight is 550 g/mol. The molecule has 0 bridgehead atoms. The summed E-state index contributed by atoms with van der Waals surface area (Å²) in [6.45, 7) is 0.743. The van der Waals surface area contributed by atoms with Crippen molar-refractivity contribution >= 4 is 39.8 Å². The lowest BCUT2D eigenvalue weighted by molar-refractivity contribution is -0.286. The number of halogens is 4. The van der Waals surface area contributed by atoms with Gasteiger partial charge in [0.2, 0.25) is 5.91 Å². The van der Waals surface area contributed by atoms with Crippen LogP contribution in [0.2, 0.25) is 5.02 Å². The molecule has 1 unspecified atom stereocenters. The van der Waals surface area contributed by atoms with Gasteiger partial charge in [0.1, 0.15) is 11.6 Å². The highest BCUT2D eigenvalue weighted by Crippen LogP contribution is 2.52. The largest absolute Gasteiger partial charge is 0.586 e. The summed E-state index contributed by atoms with van der Waals surface area (Å²) in [5.41, 5.74) is 0.298. The van der Waals surface area contributed by atoms with E-state index in [-0.39, 0.29) is 34.8 Å². The molecule has 1 atom stereocenters. The Morgan fingerprint density at radius 3 is 2.65 bits per heavy atom. The summed E-state index contributed by atoms with van der Waals surface area (Å²) >= 11 is 7.60. The van der Waals surface area contributed by atoms with Crippen molar-refractivity contribution in [1.82, 2.24) is 9.88 Å². The maximum atomic E-state index is 13.7. The highest BCUT2D eigenvalue weighted by atomic mass is 35.5. The van der Waals surface area contributed by atoms with E-state index in [4.69, 9.17) is 11.6 Å². The molecule has 1 aromatic heterocycles. The van der Waals surface area contributed by atoms with Crippen molar-refractivity contribution in [1.29, 1.82) is 0 Å².